The summed E-state index contributed by atoms with van der Waals surface area (Å²) in [5.41, 5.74) is 0.263. The Morgan fingerprint density at radius 1 is 1.50 bits per heavy atom. The van der Waals surface area contributed by atoms with Gasteiger partial charge in [-0.25, -0.2) is 4.39 Å². The summed E-state index contributed by atoms with van der Waals surface area (Å²) < 4.78 is 12.9. The minimum atomic E-state index is -0.451. The van der Waals surface area contributed by atoms with Crippen molar-refractivity contribution in [3.8, 4) is 0 Å². The number of rotatable bonds is 2. The van der Waals surface area contributed by atoms with E-state index in [1.165, 1.54) is 24.3 Å². The van der Waals surface area contributed by atoms with Crippen molar-refractivity contribution < 1.29 is 14.0 Å². The second kappa shape index (κ2) is 4.30. The van der Waals surface area contributed by atoms with Crippen LogP contribution in [-0.2, 0) is 4.79 Å². The average Bonchev–Trinajstić information content (AvgIpc) is 2.64. The molecule has 0 aromatic heterocycles. The zero-order valence-electron chi connectivity index (χ0n) is 8.50. The first-order valence-electron chi connectivity index (χ1n) is 4.98. The average molecular weight is 222 g/mol. The molecule has 1 atom stereocenters. The highest BCUT2D eigenvalue weighted by Gasteiger charge is 2.23. The summed E-state index contributed by atoms with van der Waals surface area (Å²) in [6, 6.07) is 5.24. The summed E-state index contributed by atoms with van der Waals surface area (Å²) in [5.74, 6) is -0.890. The van der Waals surface area contributed by atoms with Gasteiger partial charge in [0.15, 0.2) is 0 Å². The van der Waals surface area contributed by atoms with Crippen LogP contribution in [0.1, 0.15) is 16.8 Å². The molecule has 84 valence electrons. The van der Waals surface area contributed by atoms with Gasteiger partial charge in [0, 0.05) is 18.5 Å². The third-order valence-electron chi connectivity index (χ3n) is 2.40. The van der Waals surface area contributed by atoms with Crippen LogP contribution >= 0.6 is 0 Å². The summed E-state index contributed by atoms with van der Waals surface area (Å²) in [4.78, 5) is 22.5. The van der Waals surface area contributed by atoms with Gasteiger partial charge in [-0.1, -0.05) is 6.07 Å². The van der Waals surface area contributed by atoms with Crippen LogP contribution in [-0.4, -0.2) is 24.4 Å². The molecule has 1 aromatic rings. The maximum absolute atomic E-state index is 12.9. The van der Waals surface area contributed by atoms with Gasteiger partial charge in [-0.3, -0.25) is 9.59 Å². The second-order valence-corrected chi connectivity index (χ2v) is 3.69. The van der Waals surface area contributed by atoms with Crippen LogP contribution in [0.5, 0.6) is 0 Å². The molecule has 2 N–H and O–H groups in total. The molecule has 1 aliphatic rings. The Morgan fingerprint density at radius 3 is 2.94 bits per heavy atom. The molecule has 1 saturated heterocycles. The smallest absolute Gasteiger partial charge is 0.251 e. The van der Waals surface area contributed by atoms with E-state index in [2.05, 4.69) is 10.6 Å². The first-order valence-corrected chi connectivity index (χ1v) is 4.98. The van der Waals surface area contributed by atoms with Crippen LogP contribution in [0.25, 0.3) is 0 Å². The molecule has 2 rings (SSSR count). The fourth-order valence-electron chi connectivity index (χ4n) is 1.61. The lowest BCUT2D eigenvalue weighted by atomic mass is 10.2. The molecule has 0 unspecified atom stereocenters. The van der Waals surface area contributed by atoms with E-state index in [1.807, 2.05) is 0 Å². The van der Waals surface area contributed by atoms with Crippen LogP contribution in [0.2, 0.25) is 0 Å². The minimum Gasteiger partial charge on any atom is -0.354 e. The summed E-state index contributed by atoms with van der Waals surface area (Å²) >= 11 is 0. The molecule has 0 spiro atoms. The minimum absolute atomic E-state index is 0.0791. The molecule has 0 aliphatic carbocycles. The van der Waals surface area contributed by atoms with Crippen molar-refractivity contribution >= 4 is 11.8 Å². The van der Waals surface area contributed by atoms with Gasteiger partial charge in [-0.05, 0) is 18.2 Å². The SMILES string of the molecule is O=C1C[C@H](NC(=O)c2cccc(F)c2)CN1. The quantitative estimate of drug-likeness (QED) is 0.763. The summed E-state index contributed by atoms with van der Waals surface area (Å²) in [5, 5.41) is 5.27. The highest BCUT2D eigenvalue weighted by atomic mass is 19.1. The monoisotopic (exact) mass is 222 g/mol. The number of halogens is 1. The van der Waals surface area contributed by atoms with Crippen molar-refractivity contribution in [2.75, 3.05) is 6.54 Å². The van der Waals surface area contributed by atoms with E-state index >= 15 is 0 Å². The predicted molar refractivity (Wildman–Crippen MR) is 55.3 cm³/mol. The summed E-state index contributed by atoms with van der Waals surface area (Å²) in [7, 11) is 0. The molecule has 0 bridgehead atoms. The Balaban J connectivity index is 2.00. The van der Waals surface area contributed by atoms with Gasteiger partial charge in [-0.2, -0.15) is 0 Å². The van der Waals surface area contributed by atoms with Crippen LogP contribution in [0.4, 0.5) is 4.39 Å². The van der Waals surface area contributed by atoms with Gasteiger partial charge in [-0.15, -0.1) is 0 Å². The van der Waals surface area contributed by atoms with E-state index in [0.717, 1.165) is 0 Å². The van der Waals surface area contributed by atoms with Gasteiger partial charge < -0.3 is 10.6 Å². The molecule has 5 heteroatoms. The Kier molecular flexibility index (Phi) is 2.85. The number of hydrogen-bond donors (Lipinski definition) is 2. The van der Waals surface area contributed by atoms with E-state index in [0.29, 0.717) is 6.54 Å². The molecule has 1 aromatic carbocycles. The van der Waals surface area contributed by atoms with Crippen molar-refractivity contribution in [1.29, 1.82) is 0 Å². The summed E-state index contributed by atoms with van der Waals surface area (Å²) in [6.07, 6.45) is 0.279. The Labute approximate surface area is 91.8 Å². The van der Waals surface area contributed by atoms with Crippen LogP contribution < -0.4 is 10.6 Å². The van der Waals surface area contributed by atoms with Crippen molar-refractivity contribution in [2.45, 2.75) is 12.5 Å². The fourth-order valence-corrected chi connectivity index (χ4v) is 1.61. The van der Waals surface area contributed by atoms with Crippen LogP contribution in [0, 0.1) is 5.82 Å². The molecule has 16 heavy (non-hydrogen) atoms. The maximum Gasteiger partial charge on any atom is 0.251 e. The molecule has 0 radical (unpaired) electrons. The zero-order valence-corrected chi connectivity index (χ0v) is 8.50. The molecule has 0 saturated carbocycles. The van der Waals surface area contributed by atoms with Gasteiger partial charge in [0.1, 0.15) is 5.82 Å². The fraction of sp³-hybridized carbons (Fsp3) is 0.273. The zero-order chi connectivity index (χ0) is 11.5. The predicted octanol–water partition coefficient (Wildman–Crippen LogP) is 0.444. The van der Waals surface area contributed by atoms with Crippen molar-refractivity contribution in [2.24, 2.45) is 0 Å². The molecule has 1 heterocycles. The standard InChI is InChI=1S/C11H11FN2O2/c12-8-3-1-2-7(4-8)11(16)14-9-5-10(15)13-6-9/h1-4,9H,5-6H2,(H,13,15)(H,14,16)/t9-/m0/s1. The van der Waals surface area contributed by atoms with E-state index in [9.17, 15) is 14.0 Å². The van der Waals surface area contributed by atoms with E-state index in [4.69, 9.17) is 0 Å². The lowest BCUT2D eigenvalue weighted by Crippen LogP contribution is -2.36. The van der Waals surface area contributed by atoms with Gasteiger partial charge in [0.2, 0.25) is 5.91 Å². The molecular weight excluding hydrogens is 211 g/mol. The number of amides is 2. The lowest BCUT2D eigenvalue weighted by Gasteiger charge is -2.10. The van der Waals surface area contributed by atoms with Crippen LogP contribution in [0.3, 0.4) is 0 Å². The topological polar surface area (TPSA) is 58.2 Å². The summed E-state index contributed by atoms with van der Waals surface area (Å²) in [6.45, 7) is 0.430. The number of carbonyl (C=O) groups excluding carboxylic acids is 2. The molecule has 4 nitrogen and oxygen atoms in total. The molecule has 1 fully saturated rings. The highest BCUT2D eigenvalue weighted by molar-refractivity contribution is 5.95. The van der Waals surface area contributed by atoms with Crippen molar-refractivity contribution in [3.05, 3.63) is 35.6 Å². The van der Waals surface area contributed by atoms with Gasteiger partial charge >= 0.3 is 0 Å². The third kappa shape index (κ3) is 2.36. The number of benzene rings is 1. The third-order valence-corrected chi connectivity index (χ3v) is 2.40. The normalized spacial score (nSPS) is 19.3. The Morgan fingerprint density at radius 2 is 2.31 bits per heavy atom. The molecular formula is C11H11FN2O2. The number of hydrogen-bond acceptors (Lipinski definition) is 2. The van der Waals surface area contributed by atoms with E-state index < -0.39 is 5.82 Å². The van der Waals surface area contributed by atoms with E-state index in [-0.39, 0.29) is 29.8 Å². The van der Waals surface area contributed by atoms with Crippen molar-refractivity contribution in [1.82, 2.24) is 10.6 Å². The van der Waals surface area contributed by atoms with Crippen molar-refractivity contribution in [3.63, 3.8) is 0 Å². The Bertz CT molecular complexity index is 434. The van der Waals surface area contributed by atoms with Gasteiger partial charge in [0.05, 0.1) is 6.04 Å². The number of nitrogens with one attached hydrogen (secondary N) is 2. The van der Waals surface area contributed by atoms with Crippen LogP contribution in [0.15, 0.2) is 24.3 Å². The first kappa shape index (κ1) is 10.6. The first-order chi connectivity index (χ1) is 7.65. The molecule has 2 amide bonds. The Hall–Kier alpha value is -1.91. The lowest BCUT2D eigenvalue weighted by molar-refractivity contribution is -0.119. The molecule has 1 aliphatic heterocycles. The highest BCUT2D eigenvalue weighted by Crippen LogP contribution is 2.05. The number of carbonyl (C=O) groups is 2. The maximum atomic E-state index is 12.9. The van der Waals surface area contributed by atoms with Gasteiger partial charge in [0.25, 0.3) is 5.91 Å². The second-order valence-electron chi connectivity index (χ2n) is 3.69. The van der Waals surface area contributed by atoms with E-state index in [1.54, 1.807) is 0 Å². The largest absolute Gasteiger partial charge is 0.354 e.